The van der Waals surface area contributed by atoms with E-state index in [1.165, 1.54) is 19.1 Å². The predicted molar refractivity (Wildman–Crippen MR) is 83.0 cm³/mol. The number of ketones is 1. The molecule has 23 heavy (non-hydrogen) atoms. The van der Waals surface area contributed by atoms with Crippen LogP contribution in [0.1, 0.15) is 38.6 Å². The molecular weight excluding hydrogens is 294 g/mol. The molecule has 1 unspecified atom stereocenters. The molecule has 4 aliphatic rings. The number of benzene rings is 1. The Bertz CT molecular complexity index is 1020. The van der Waals surface area contributed by atoms with Crippen LogP contribution in [0.2, 0.25) is 0 Å². The lowest BCUT2D eigenvalue weighted by Crippen LogP contribution is -2.76. The average molecular weight is 322 g/mol. The van der Waals surface area contributed by atoms with Gasteiger partial charge in [-0.15, -0.1) is 0 Å². The van der Waals surface area contributed by atoms with Gasteiger partial charge in [-0.25, -0.2) is 0 Å². The third kappa shape index (κ3) is 1.32. The van der Waals surface area contributed by atoms with E-state index < -0.39 is 47.4 Å². The number of nitrogens with zero attached hydrogens (tertiary/aromatic N) is 1. The van der Waals surface area contributed by atoms with Gasteiger partial charge in [0.15, 0.2) is 23.4 Å². The fraction of sp³-hybridized carbons (Fsp3) is 0.611. The van der Waals surface area contributed by atoms with Gasteiger partial charge in [0.2, 0.25) is 1.43 Å². The van der Waals surface area contributed by atoms with Crippen LogP contribution < -0.4 is 9.47 Å². The standard InChI is InChI=1S/C18H21NO4/c1-19-8-7-17-14-10-3-4-12(22-2)15(14)23-16(17)11(20)5-6-18(17,21)13(19)9-10/h3-4,13,16,21H,5-9H2,1-2H3/t13-,16?,17+,18-/m1/s1/i3D,4D,9D2,13D,16D,21D. The quantitative estimate of drug-likeness (QED) is 0.882. The van der Waals surface area contributed by atoms with Crippen molar-refractivity contribution < 1.29 is 27.6 Å². The first-order chi connectivity index (χ1) is 13.9. The smallest absolute Gasteiger partial charge is 0.211 e. The molecule has 122 valence electrons. The Kier molecular flexibility index (Phi) is 1.51. The Morgan fingerprint density at radius 1 is 1.61 bits per heavy atom. The van der Waals surface area contributed by atoms with Crippen LogP contribution in [-0.4, -0.2) is 55.6 Å². The van der Waals surface area contributed by atoms with Crippen LogP contribution in [-0.2, 0) is 16.6 Å². The van der Waals surface area contributed by atoms with Crippen molar-refractivity contribution in [2.75, 3.05) is 20.7 Å². The first-order valence-electron chi connectivity index (χ1n) is 11.1. The Balaban J connectivity index is 2.07. The van der Waals surface area contributed by atoms with Crippen molar-refractivity contribution in [1.82, 2.24) is 4.90 Å². The van der Waals surface area contributed by atoms with Crippen molar-refractivity contribution in [3.8, 4) is 11.5 Å². The molecule has 0 radical (unpaired) electrons. The molecule has 1 saturated heterocycles. The minimum atomic E-state index is -2.56. The summed E-state index contributed by atoms with van der Waals surface area (Å²) in [7, 11) is 2.81. The van der Waals surface area contributed by atoms with Gasteiger partial charge in [0.25, 0.3) is 0 Å². The summed E-state index contributed by atoms with van der Waals surface area (Å²) in [5.74, 6) is -0.851. The van der Waals surface area contributed by atoms with E-state index in [0.29, 0.717) is 0 Å². The summed E-state index contributed by atoms with van der Waals surface area (Å²) in [4.78, 5) is 14.5. The first-order valence-corrected chi connectivity index (χ1v) is 7.73. The lowest BCUT2D eigenvalue weighted by molar-refractivity contribution is -0.185. The molecule has 1 spiro atoms. The maximum atomic E-state index is 13.1. The molecule has 1 aromatic carbocycles. The molecule has 2 heterocycles. The molecule has 0 aromatic heterocycles. The molecule has 4 atom stereocenters. The van der Waals surface area contributed by atoms with Crippen molar-refractivity contribution in [3.63, 3.8) is 0 Å². The van der Waals surface area contributed by atoms with Crippen molar-refractivity contribution in [3.05, 3.63) is 23.2 Å². The van der Waals surface area contributed by atoms with Gasteiger partial charge < -0.3 is 19.5 Å². The minimum Gasteiger partial charge on any atom is -0.493 e. The largest absolute Gasteiger partial charge is 0.493 e. The molecule has 5 heteroatoms. The topological polar surface area (TPSA) is 59.0 Å². The Morgan fingerprint density at radius 3 is 3.26 bits per heavy atom. The third-order valence-electron chi connectivity index (χ3n) is 5.68. The minimum absolute atomic E-state index is 0.0663. The molecule has 2 fully saturated rings. The third-order valence-corrected chi connectivity index (χ3v) is 5.68. The Hall–Kier alpha value is -1.59. The zero-order valence-corrected chi connectivity index (χ0v) is 12.9. The number of likely N-dealkylation sites (tertiary alicyclic amines) is 1. The van der Waals surface area contributed by atoms with E-state index in [1.807, 2.05) is 0 Å². The summed E-state index contributed by atoms with van der Waals surface area (Å²) in [6, 6.07) is -3.15. The molecule has 1 aromatic rings. The molecule has 2 aliphatic heterocycles. The zero-order chi connectivity index (χ0) is 22.1. The van der Waals surface area contributed by atoms with Gasteiger partial charge in [-0.2, -0.15) is 0 Å². The molecule has 5 nitrogen and oxygen atoms in total. The Morgan fingerprint density at radius 2 is 2.48 bits per heavy atom. The number of aliphatic hydroxyl groups is 1. The van der Waals surface area contributed by atoms with Crippen LogP contribution in [0.5, 0.6) is 11.5 Å². The van der Waals surface area contributed by atoms with Gasteiger partial charge in [-0.05, 0) is 44.4 Å². The number of likely N-dealkylation sites (N-methyl/N-ethyl adjacent to an activating group) is 1. The summed E-state index contributed by atoms with van der Waals surface area (Å²) in [6.07, 6.45) is -5.11. The number of rotatable bonds is 2. The second kappa shape index (κ2) is 4.08. The Labute approximate surface area is 145 Å². The lowest BCUT2D eigenvalue weighted by Gasteiger charge is -2.62. The van der Waals surface area contributed by atoms with E-state index in [0.717, 1.165) is 0 Å². The maximum absolute atomic E-state index is 13.1. The highest BCUT2D eigenvalue weighted by molar-refractivity contribution is 5.90. The number of carbonyl (C=O) groups is 1. The van der Waals surface area contributed by atoms with Gasteiger partial charge in [0.05, 0.1) is 23.6 Å². The highest BCUT2D eigenvalue weighted by atomic mass is 16.5. The van der Waals surface area contributed by atoms with E-state index in [4.69, 9.17) is 22.9 Å². The van der Waals surface area contributed by atoms with Crippen molar-refractivity contribution in [2.45, 2.75) is 48.7 Å². The highest BCUT2D eigenvalue weighted by Gasteiger charge is 2.72. The molecule has 5 rings (SSSR count). The lowest BCUT2D eigenvalue weighted by atomic mass is 9.49. The molecule has 1 N–H and O–H groups in total. The summed E-state index contributed by atoms with van der Waals surface area (Å²) in [5.41, 5.74) is -3.79. The van der Waals surface area contributed by atoms with E-state index in [-0.39, 0.29) is 48.4 Å². The van der Waals surface area contributed by atoms with Crippen molar-refractivity contribution in [2.24, 2.45) is 0 Å². The average Bonchev–Trinajstić information content (AvgIpc) is 2.96. The zero-order valence-electron chi connectivity index (χ0n) is 19.9. The molecule has 2 bridgehead atoms. The van der Waals surface area contributed by atoms with E-state index in [2.05, 4.69) is 0 Å². The molecule has 2 aliphatic carbocycles. The van der Waals surface area contributed by atoms with E-state index >= 15 is 0 Å². The second-order valence-electron chi connectivity index (χ2n) is 6.59. The van der Waals surface area contributed by atoms with Gasteiger partial charge in [-0.1, -0.05) is 6.04 Å². The van der Waals surface area contributed by atoms with E-state index in [1.54, 1.807) is 0 Å². The number of Topliss-reactive ketones (excluding diaryl/α,β-unsaturated/α-hetero) is 1. The number of ether oxygens (including phenoxy) is 2. The molecule has 1 saturated carbocycles. The number of hydrogen-bond donors (Lipinski definition) is 1. The summed E-state index contributed by atoms with van der Waals surface area (Å²) in [6.45, 7) is 0.155. The molecular formula is C18H21NO4. The number of piperidine rings is 1. The first kappa shape index (κ1) is 8.49. The van der Waals surface area contributed by atoms with Gasteiger partial charge in [0.1, 0.15) is 0 Å². The van der Waals surface area contributed by atoms with Crippen LogP contribution in [0.3, 0.4) is 0 Å². The fourth-order valence-electron chi connectivity index (χ4n) is 4.64. The van der Waals surface area contributed by atoms with Crippen LogP contribution in [0.4, 0.5) is 0 Å². The molecule has 0 amide bonds. The van der Waals surface area contributed by atoms with Crippen LogP contribution in [0.25, 0.3) is 0 Å². The fourth-order valence-corrected chi connectivity index (χ4v) is 4.64. The number of hydrogen-bond acceptors (Lipinski definition) is 5. The van der Waals surface area contributed by atoms with Gasteiger partial charge in [0, 0.05) is 20.7 Å². The van der Waals surface area contributed by atoms with Crippen LogP contribution >= 0.6 is 0 Å². The monoisotopic (exact) mass is 322 g/mol. The van der Waals surface area contributed by atoms with Gasteiger partial charge in [-0.3, -0.25) is 4.79 Å². The summed E-state index contributed by atoms with van der Waals surface area (Å²) < 4.78 is 72.6. The number of carbonyl (C=O) groups excluding carboxylic acids is 1. The van der Waals surface area contributed by atoms with Gasteiger partial charge >= 0.3 is 0 Å². The summed E-state index contributed by atoms with van der Waals surface area (Å²) >= 11 is 0. The van der Waals surface area contributed by atoms with E-state index in [9.17, 15) is 6.17 Å². The SMILES string of the molecule is [2H]O[C@@]12CCC(=O)C3([2H])Oc4c(OC)c([2H])c([2H])c5c4[C@@]31CCN(C)[C@]2([2H])C5([2H])[2H]. The van der Waals surface area contributed by atoms with Crippen LogP contribution in [0, 0.1) is 0 Å². The van der Waals surface area contributed by atoms with Crippen molar-refractivity contribution in [1.29, 1.82) is 1.43 Å². The number of methoxy groups -OCH3 is 1. The normalized spacial score (nSPS) is 53.5. The second-order valence-corrected chi connectivity index (χ2v) is 6.59. The highest BCUT2D eigenvalue weighted by Crippen LogP contribution is 2.64. The maximum Gasteiger partial charge on any atom is 0.211 e. The summed E-state index contributed by atoms with van der Waals surface area (Å²) in [5, 5.41) is 5.25. The predicted octanol–water partition coefficient (Wildman–Crippen LogP) is 1.05. The van der Waals surface area contributed by atoms with Crippen molar-refractivity contribution >= 4 is 5.78 Å². The van der Waals surface area contributed by atoms with Crippen LogP contribution in [0.15, 0.2) is 12.1 Å².